The molecule has 1 atom stereocenters. The normalized spacial score (nSPS) is 11.8. The summed E-state index contributed by atoms with van der Waals surface area (Å²) in [5, 5.41) is 6.05. The van der Waals surface area contributed by atoms with Gasteiger partial charge < -0.3 is 4.74 Å². The second-order valence-corrected chi connectivity index (χ2v) is 7.43. The lowest BCUT2D eigenvalue weighted by molar-refractivity contribution is -0.122. The van der Waals surface area contributed by atoms with Gasteiger partial charge in [-0.25, -0.2) is 4.98 Å². The van der Waals surface area contributed by atoms with Gasteiger partial charge in [0.15, 0.2) is 11.2 Å². The Balaban J connectivity index is 1.65. The van der Waals surface area contributed by atoms with Crippen LogP contribution >= 0.6 is 34.5 Å². The van der Waals surface area contributed by atoms with Crippen LogP contribution in [0.5, 0.6) is 5.75 Å². The number of carbonyl (C=O) groups excluding carboxylic acids is 1. The number of halogens is 2. The first-order valence-electron chi connectivity index (χ1n) is 7.87. The average Bonchev–Trinajstić information content (AvgIpc) is 3.06. The molecule has 0 fully saturated rings. The van der Waals surface area contributed by atoms with Gasteiger partial charge in [0.25, 0.3) is 5.91 Å². The summed E-state index contributed by atoms with van der Waals surface area (Å²) in [4.78, 5) is 16.8. The van der Waals surface area contributed by atoms with Gasteiger partial charge in [0.05, 0.1) is 10.7 Å². The summed E-state index contributed by atoms with van der Waals surface area (Å²) in [6.07, 6.45) is -0.736. The van der Waals surface area contributed by atoms with Crippen molar-refractivity contribution in [2.75, 3.05) is 5.32 Å². The molecule has 7 heteroatoms. The number of rotatable bonds is 5. The number of nitrogens with zero attached hydrogens (tertiary/aromatic N) is 1. The second kappa shape index (κ2) is 8.08. The van der Waals surface area contributed by atoms with Crippen LogP contribution < -0.4 is 10.1 Å². The molecular formula is C19H16Cl2N2O2S. The fourth-order valence-corrected chi connectivity index (χ4v) is 3.39. The number of thiazole rings is 1. The van der Waals surface area contributed by atoms with Gasteiger partial charge in [-0.05, 0) is 32.0 Å². The van der Waals surface area contributed by atoms with Gasteiger partial charge in [-0.1, -0.05) is 53.0 Å². The summed E-state index contributed by atoms with van der Waals surface area (Å²) in [6.45, 7) is 3.68. The minimum atomic E-state index is -0.736. The van der Waals surface area contributed by atoms with Crippen LogP contribution in [0, 0.1) is 6.92 Å². The minimum absolute atomic E-state index is 0.305. The van der Waals surface area contributed by atoms with E-state index in [1.165, 1.54) is 16.9 Å². The molecule has 1 aromatic heterocycles. The number of benzene rings is 2. The first kappa shape index (κ1) is 18.7. The third-order valence-corrected chi connectivity index (χ3v) is 4.94. The number of ether oxygens (including phenoxy) is 1. The van der Waals surface area contributed by atoms with E-state index in [1.807, 2.05) is 36.6 Å². The lowest BCUT2D eigenvalue weighted by Gasteiger charge is -2.14. The van der Waals surface area contributed by atoms with Gasteiger partial charge in [-0.15, -0.1) is 11.3 Å². The number of aryl methyl sites for hydroxylation is 1. The van der Waals surface area contributed by atoms with Crippen LogP contribution in [0.1, 0.15) is 12.5 Å². The van der Waals surface area contributed by atoms with Crippen molar-refractivity contribution in [2.24, 2.45) is 0 Å². The zero-order valence-corrected chi connectivity index (χ0v) is 16.5. The molecule has 0 bridgehead atoms. The zero-order chi connectivity index (χ0) is 18.7. The maximum absolute atomic E-state index is 12.3. The van der Waals surface area contributed by atoms with Crippen LogP contribution in [0.25, 0.3) is 11.3 Å². The molecule has 2 aromatic carbocycles. The van der Waals surface area contributed by atoms with Crippen molar-refractivity contribution in [1.29, 1.82) is 0 Å². The molecule has 1 amide bonds. The topological polar surface area (TPSA) is 51.2 Å². The first-order valence-corrected chi connectivity index (χ1v) is 9.51. The Morgan fingerprint density at radius 1 is 1.19 bits per heavy atom. The van der Waals surface area contributed by atoms with Gasteiger partial charge >= 0.3 is 0 Å². The first-order chi connectivity index (χ1) is 12.4. The van der Waals surface area contributed by atoms with Gasteiger partial charge in [0, 0.05) is 16.0 Å². The summed E-state index contributed by atoms with van der Waals surface area (Å²) in [5.41, 5.74) is 3.01. The molecule has 0 unspecified atom stereocenters. The number of hydrogen-bond acceptors (Lipinski definition) is 4. The smallest absolute Gasteiger partial charge is 0.266 e. The standard InChI is InChI=1S/C19H16Cl2N2O2S/c1-11-3-5-13(6-4-11)16-10-26-19(22-16)23-18(24)12(2)25-17-8-7-14(20)9-15(17)21/h3-10,12H,1-2H3,(H,22,23,24)/t12-/m0/s1. The van der Waals surface area contributed by atoms with Gasteiger partial charge in [0.1, 0.15) is 5.75 Å². The van der Waals surface area contributed by atoms with Gasteiger partial charge in [-0.2, -0.15) is 0 Å². The molecule has 134 valence electrons. The second-order valence-electron chi connectivity index (χ2n) is 5.73. The number of hydrogen-bond donors (Lipinski definition) is 1. The van der Waals surface area contributed by atoms with Crippen LogP contribution in [0.3, 0.4) is 0 Å². The van der Waals surface area contributed by atoms with Gasteiger partial charge in [-0.3, -0.25) is 10.1 Å². The number of amides is 1. The maximum Gasteiger partial charge on any atom is 0.266 e. The third-order valence-electron chi connectivity index (χ3n) is 3.65. The van der Waals surface area contributed by atoms with Crippen molar-refractivity contribution in [2.45, 2.75) is 20.0 Å². The van der Waals surface area contributed by atoms with Crippen molar-refractivity contribution >= 4 is 45.6 Å². The highest BCUT2D eigenvalue weighted by Gasteiger charge is 2.18. The van der Waals surface area contributed by atoms with E-state index in [0.29, 0.717) is 20.9 Å². The summed E-state index contributed by atoms with van der Waals surface area (Å²) in [5.74, 6) is 0.0963. The Labute approximate surface area is 165 Å². The fraction of sp³-hybridized carbons (Fsp3) is 0.158. The van der Waals surface area contributed by atoms with E-state index in [9.17, 15) is 4.79 Å². The van der Waals surface area contributed by atoms with E-state index < -0.39 is 6.10 Å². The molecule has 0 aliphatic carbocycles. The van der Waals surface area contributed by atoms with E-state index in [0.717, 1.165) is 11.3 Å². The quantitative estimate of drug-likeness (QED) is 0.579. The molecule has 26 heavy (non-hydrogen) atoms. The lowest BCUT2D eigenvalue weighted by atomic mass is 10.1. The number of anilines is 1. The Morgan fingerprint density at radius 2 is 1.92 bits per heavy atom. The molecule has 4 nitrogen and oxygen atoms in total. The van der Waals surface area contributed by atoms with Crippen molar-refractivity contribution in [3.63, 3.8) is 0 Å². The molecule has 3 rings (SSSR count). The van der Waals surface area contributed by atoms with Crippen LogP contribution in [0.15, 0.2) is 47.8 Å². The van der Waals surface area contributed by atoms with Crippen molar-refractivity contribution in [3.8, 4) is 17.0 Å². The number of carbonyl (C=O) groups is 1. The highest BCUT2D eigenvalue weighted by Crippen LogP contribution is 2.29. The Hall–Kier alpha value is -2.08. The predicted octanol–water partition coefficient (Wildman–Crippen LogP) is 5.83. The molecule has 0 spiro atoms. The SMILES string of the molecule is Cc1ccc(-c2csc(NC(=O)[C@H](C)Oc3ccc(Cl)cc3Cl)n2)cc1. The number of aromatic nitrogens is 1. The summed E-state index contributed by atoms with van der Waals surface area (Å²) < 4.78 is 5.61. The van der Waals surface area contributed by atoms with E-state index in [-0.39, 0.29) is 5.91 Å². The summed E-state index contributed by atoms with van der Waals surface area (Å²) in [6, 6.07) is 12.9. The zero-order valence-electron chi connectivity index (χ0n) is 14.1. The Kier molecular flexibility index (Phi) is 5.81. The van der Waals surface area contributed by atoms with Crippen LogP contribution in [-0.2, 0) is 4.79 Å². The van der Waals surface area contributed by atoms with Crippen LogP contribution in [0.2, 0.25) is 10.0 Å². The molecule has 0 radical (unpaired) electrons. The fourth-order valence-electron chi connectivity index (χ4n) is 2.21. The molecule has 0 saturated carbocycles. The van der Waals surface area contributed by atoms with Crippen molar-refractivity contribution in [3.05, 3.63) is 63.5 Å². The van der Waals surface area contributed by atoms with Crippen molar-refractivity contribution < 1.29 is 9.53 Å². The highest BCUT2D eigenvalue weighted by atomic mass is 35.5. The minimum Gasteiger partial charge on any atom is -0.479 e. The third kappa shape index (κ3) is 4.55. The largest absolute Gasteiger partial charge is 0.479 e. The van der Waals surface area contributed by atoms with E-state index in [1.54, 1.807) is 25.1 Å². The van der Waals surface area contributed by atoms with Gasteiger partial charge in [0.2, 0.25) is 0 Å². The van der Waals surface area contributed by atoms with Crippen LogP contribution in [0.4, 0.5) is 5.13 Å². The number of nitrogens with one attached hydrogen (secondary N) is 1. The highest BCUT2D eigenvalue weighted by molar-refractivity contribution is 7.14. The van der Waals surface area contributed by atoms with E-state index in [4.69, 9.17) is 27.9 Å². The monoisotopic (exact) mass is 406 g/mol. The average molecular weight is 407 g/mol. The van der Waals surface area contributed by atoms with Crippen LogP contribution in [-0.4, -0.2) is 17.0 Å². The molecular weight excluding hydrogens is 391 g/mol. The molecule has 3 aromatic rings. The molecule has 1 heterocycles. The molecule has 0 saturated heterocycles. The molecule has 1 N–H and O–H groups in total. The van der Waals surface area contributed by atoms with E-state index in [2.05, 4.69) is 10.3 Å². The Morgan fingerprint density at radius 3 is 2.62 bits per heavy atom. The summed E-state index contributed by atoms with van der Waals surface area (Å²) in [7, 11) is 0. The van der Waals surface area contributed by atoms with Crippen molar-refractivity contribution in [1.82, 2.24) is 4.98 Å². The summed E-state index contributed by atoms with van der Waals surface area (Å²) >= 11 is 13.3. The molecule has 0 aliphatic heterocycles. The lowest BCUT2D eigenvalue weighted by Crippen LogP contribution is -2.30. The van der Waals surface area contributed by atoms with E-state index >= 15 is 0 Å². The predicted molar refractivity (Wildman–Crippen MR) is 107 cm³/mol. The molecule has 0 aliphatic rings. The Bertz CT molecular complexity index is 926. The maximum atomic E-state index is 12.3.